The largest absolute Gasteiger partial charge is 0.481 e. The lowest BCUT2D eigenvalue weighted by molar-refractivity contribution is -0.141. The van der Waals surface area contributed by atoms with Crippen LogP contribution >= 0.6 is 11.6 Å². The number of nitrogens with zero attached hydrogens (tertiary/aromatic N) is 1. The van der Waals surface area contributed by atoms with Gasteiger partial charge in [0.15, 0.2) is 0 Å². The summed E-state index contributed by atoms with van der Waals surface area (Å²) in [7, 11) is 1.26. The molecular weight excluding hydrogens is 286 g/mol. The van der Waals surface area contributed by atoms with Crippen LogP contribution in [0.15, 0.2) is 18.2 Å². The molecule has 0 aromatic heterocycles. The van der Waals surface area contributed by atoms with Gasteiger partial charge in [-0.3, -0.25) is 9.59 Å². The van der Waals surface area contributed by atoms with Crippen LogP contribution in [0.2, 0.25) is 5.02 Å². The van der Waals surface area contributed by atoms with E-state index in [2.05, 4.69) is 4.74 Å². The molecule has 0 radical (unpaired) electrons. The quantitative estimate of drug-likeness (QED) is 0.856. The molecule has 1 aliphatic rings. The number of ether oxygens (including phenoxy) is 1. The zero-order chi connectivity index (χ0) is 14.9. The lowest BCUT2D eigenvalue weighted by atomic mass is 10.1. The molecule has 0 aliphatic carbocycles. The van der Waals surface area contributed by atoms with E-state index in [9.17, 15) is 14.4 Å². The van der Waals surface area contributed by atoms with Crippen molar-refractivity contribution in [1.82, 2.24) is 0 Å². The van der Waals surface area contributed by atoms with Gasteiger partial charge >= 0.3 is 11.9 Å². The summed E-state index contributed by atoms with van der Waals surface area (Å²) in [4.78, 5) is 35.4. The zero-order valence-electron chi connectivity index (χ0n) is 10.6. The Hall–Kier alpha value is -2.08. The number of methoxy groups -OCH3 is 1. The van der Waals surface area contributed by atoms with E-state index in [1.165, 1.54) is 30.2 Å². The van der Waals surface area contributed by atoms with Crippen LogP contribution in [0.5, 0.6) is 0 Å². The molecule has 1 N–H and O–H groups in total. The maximum atomic E-state index is 11.8. The summed E-state index contributed by atoms with van der Waals surface area (Å²) in [6, 6.07) is 4.38. The first-order valence-corrected chi connectivity index (χ1v) is 6.23. The molecule has 106 valence electrons. The number of carbonyl (C=O) groups is 3. The van der Waals surface area contributed by atoms with Crippen LogP contribution in [0.3, 0.4) is 0 Å². The van der Waals surface area contributed by atoms with Crippen molar-refractivity contribution in [2.75, 3.05) is 18.6 Å². The Morgan fingerprint density at radius 2 is 2.15 bits per heavy atom. The molecular formula is C13H12ClNO5. The first-order valence-electron chi connectivity index (χ1n) is 5.85. The van der Waals surface area contributed by atoms with E-state index < -0.39 is 17.9 Å². The molecule has 1 aromatic rings. The number of esters is 1. The van der Waals surface area contributed by atoms with Gasteiger partial charge in [-0.2, -0.15) is 0 Å². The first kappa shape index (κ1) is 14.3. The maximum absolute atomic E-state index is 11.8. The van der Waals surface area contributed by atoms with Crippen molar-refractivity contribution in [3.8, 4) is 0 Å². The smallest absolute Gasteiger partial charge is 0.337 e. The normalized spacial score (nSPS) is 18.2. The van der Waals surface area contributed by atoms with Gasteiger partial charge in [0.2, 0.25) is 5.91 Å². The van der Waals surface area contributed by atoms with Gasteiger partial charge in [-0.25, -0.2) is 4.79 Å². The third-order valence-electron chi connectivity index (χ3n) is 3.13. The molecule has 1 unspecified atom stereocenters. The average Bonchev–Trinajstić information content (AvgIpc) is 2.80. The van der Waals surface area contributed by atoms with E-state index in [4.69, 9.17) is 16.7 Å². The van der Waals surface area contributed by atoms with Gasteiger partial charge in [0.25, 0.3) is 0 Å². The second kappa shape index (κ2) is 5.50. The summed E-state index contributed by atoms with van der Waals surface area (Å²) in [5.41, 5.74) is 0.663. The van der Waals surface area contributed by atoms with Crippen LogP contribution in [0.4, 0.5) is 5.69 Å². The molecule has 1 fully saturated rings. The van der Waals surface area contributed by atoms with Crippen LogP contribution in [0.1, 0.15) is 16.8 Å². The van der Waals surface area contributed by atoms with Gasteiger partial charge < -0.3 is 14.7 Å². The summed E-state index contributed by atoms with van der Waals surface area (Å²) in [6.45, 7) is 0.0749. The fourth-order valence-corrected chi connectivity index (χ4v) is 2.36. The Morgan fingerprint density at radius 1 is 1.45 bits per heavy atom. The number of carboxylic acid groups (broad SMARTS) is 1. The number of carbonyl (C=O) groups excluding carboxylic acids is 2. The molecule has 6 nitrogen and oxygen atoms in total. The molecule has 1 aromatic carbocycles. The highest BCUT2D eigenvalue weighted by molar-refractivity contribution is 6.34. The summed E-state index contributed by atoms with van der Waals surface area (Å²) in [5.74, 6) is -2.58. The van der Waals surface area contributed by atoms with Crippen LogP contribution in [-0.2, 0) is 14.3 Å². The van der Waals surface area contributed by atoms with Crippen LogP contribution < -0.4 is 4.90 Å². The maximum Gasteiger partial charge on any atom is 0.337 e. The number of carboxylic acids is 1. The Morgan fingerprint density at radius 3 is 2.65 bits per heavy atom. The second-order valence-corrected chi connectivity index (χ2v) is 4.81. The van der Waals surface area contributed by atoms with E-state index in [0.717, 1.165) is 0 Å². The fraction of sp³-hybridized carbons (Fsp3) is 0.308. The number of rotatable bonds is 3. The third-order valence-corrected chi connectivity index (χ3v) is 3.44. The number of anilines is 1. The minimum absolute atomic E-state index is 0.0512. The lowest BCUT2D eigenvalue weighted by Crippen LogP contribution is -2.26. The Bertz CT molecular complexity index is 586. The SMILES string of the molecule is COC(=O)c1ccc(N2CC(C(=O)O)CC2=O)c(Cl)c1. The topological polar surface area (TPSA) is 83.9 Å². The van der Waals surface area contributed by atoms with Gasteiger partial charge in [0.1, 0.15) is 0 Å². The number of benzene rings is 1. The van der Waals surface area contributed by atoms with Crippen LogP contribution in [0, 0.1) is 5.92 Å². The van der Waals surface area contributed by atoms with Crippen molar-refractivity contribution in [1.29, 1.82) is 0 Å². The lowest BCUT2D eigenvalue weighted by Gasteiger charge is -2.18. The molecule has 1 aliphatic heterocycles. The molecule has 1 heterocycles. The molecule has 20 heavy (non-hydrogen) atoms. The predicted molar refractivity (Wildman–Crippen MR) is 70.9 cm³/mol. The van der Waals surface area contributed by atoms with E-state index >= 15 is 0 Å². The third kappa shape index (κ3) is 2.60. The van der Waals surface area contributed by atoms with Crippen molar-refractivity contribution >= 4 is 35.1 Å². The van der Waals surface area contributed by atoms with Crippen molar-refractivity contribution in [2.45, 2.75) is 6.42 Å². The van der Waals surface area contributed by atoms with Crippen molar-refractivity contribution in [3.63, 3.8) is 0 Å². The number of aliphatic carboxylic acids is 1. The van der Waals surface area contributed by atoms with Crippen LogP contribution in [-0.4, -0.2) is 36.6 Å². The molecule has 1 atom stereocenters. The molecule has 0 saturated carbocycles. The van der Waals surface area contributed by atoms with Crippen molar-refractivity contribution < 1.29 is 24.2 Å². The molecule has 7 heteroatoms. The summed E-state index contributed by atoms with van der Waals surface area (Å²) in [6.07, 6.45) is -0.0512. The Labute approximate surface area is 119 Å². The molecule has 1 saturated heterocycles. The minimum atomic E-state index is -1.01. The summed E-state index contributed by atoms with van der Waals surface area (Å²) >= 11 is 6.05. The van der Waals surface area contributed by atoms with Gasteiger partial charge in [0.05, 0.1) is 29.3 Å². The molecule has 0 bridgehead atoms. The van der Waals surface area contributed by atoms with Gasteiger partial charge in [-0.1, -0.05) is 11.6 Å². The Balaban J connectivity index is 2.28. The van der Waals surface area contributed by atoms with E-state index in [-0.39, 0.29) is 29.5 Å². The van der Waals surface area contributed by atoms with E-state index in [0.29, 0.717) is 5.69 Å². The standard InChI is InChI=1S/C13H12ClNO5/c1-20-13(19)7-2-3-10(9(14)4-7)15-6-8(12(17)18)5-11(15)16/h2-4,8H,5-6H2,1H3,(H,17,18). The number of hydrogen-bond donors (Lipinski definition) is 1. The van der Waals surface area contributed by atoms with E-state index in [1.54, 1.807) is 0 Å². The summed E-state index contributed by atoms with van der Waals surface area (Å²) in [5, 5.41) is 9.14. The highest BCUT2D eigenvalue weighted by Gasteiger charge is 2.35. The van der Waals surface area contributed by atoms with Gasteiger partial charge in [-0.15, -0.1) is 0 Å². The van der Waals surface area contributed by atoms with E-state index in [1.807, 2.05) is 0 Å². The molecule has 0 spiro atoms. The highest BCUT2D eigenvalue weighted by atomic mass is 35.5. The van der Waals surface area contributed by atoms with Gasteiger partial charge in [0, 0.05) is 13.0 Å². The number of amides is 1. The second-order valence-electron chi connectivity index (χ2n) is 4.40. The molecule has 1 amide bonds. The zero-order valence-corrected chi connectivity index (χ0v) is 11.4. The average molecular weight is 298 g/mol. The number of hydrogen-bond acceptors (Lipinski definition) is 4. The minimum Gasteiger partial charge on any atom is -0.481 e. The Kier molecular flexibility index (Phi) is 3.94. The first-order chi connectivity index (χ1) is 9.43. The van der Waals surface area contributed by atoms with Crippen LogP contribution in [0.25, 0.3) is 0 Å². The summed E-state index contributed by atoms with van der Waals surface area (Å²) < 4.78 is 4.57. The number of halogens is 1. The molecule has 2 rings (SSSR count). The van der Waals surface area contributed by atoms with Crippen molar-refractivity contribution in [2.24, 2.45) is 5.92 Å². The monoisotopic (exact) mass is 297 g/mol. The fourth-order valence-electron chi connectivity index (χ4n) is 2.08. The van der Waals surface area contributed by atoms with Crippen molar-refractivity contribution in [3.05, 3.63) is 28.8 Å². The predicted octanol–water partition coefficient (Wildman–Crippen LogP) is 1.56. The van der Waals surface area contributed by atoms with Gasteiger partial charge in [-0.05, 0) is 18.2 Å². The highest BCUT2D eigenvalue weighted by Crippen LogP contribution is 2.32.